The number of amides is 1. The highest BCUT2D eigenvalue weighted by atomic mass is 79.9. The van der Waals surface area contributed by atoms with E-state index in [4.69, 9.17) is 0 Å². The number of allylic oxidation sites excluding steroid dienone is 3. The average molecular weight is 650 g/mol. The van der Waals surface area contributed by atoms with Crippen molar-refractivity contribution in [3.8, 4) is 0 Å². The van der Waals surface area contributed by atoms with Gasteiger partial charge in [0.15, 0.2) is 11.0 Å². The summed E-state index contributed by atoms with van der Waals surface area (Å²) in [5.74, 6) is -0.209. The Bertz CT molecular complexity index is 1420. The van der Waals surface area contributed by atoms with E-state index in [1.165, 1.54) is 18.2 Å². The van der Waals surface area contributed by atoms with Gasteiger partial charge in [-0.1, -0.05) is 86.5 Å². The second-order valence-corrected chi connectivity index (χ2v) is 12.1. The number of hydrogen-bond acceptors (Lipinski definition) is 4. The normalized spacial score (nSPS) is 17.4. The Balaban J connectivity index is 1.58. The van der Waals surface area contributed by atoms with Gasteiger partial charge in [-0.25, -0.2) is 0 Å². The summed E-state index contributed by atoms with van der Waals surface area (Å²) in [6.07, 6.45) is 5.65. The zero-order valence-electron chi connectivity index (χ0n) is 20.7. The van der Waals surface area contributed by atoms with Gasteiger partial charge in [-0.05, 0) is 78.1 Å². The summed E-state index contributed by atoms with van der Waals surface area (Å²) < 4.78 is 1.88. The number of rotatable bonds is 6. The van der Waals surface area contributed by atoms with E-state index in [1.807, 2.05) is 84.9 Å². The van der Waals surface area contributed by atoms with Crippen molar-refractivity contribution in [2.24, 2.45) is 4.99 Å². The fourth-order valence-electron chi connectivity index (χ4n) is 4.57. The monoisotopic (exact) mass is 648 g/mol. The van der Waals surface area contributed by atoms with Gasteiger partial charge in [0.25, 0.3) is 5.91 Å². The molecule has 0 spiro atoms. The number of amidine groups is 1. The molecule has 0 N–H and O–H groups in total. The number of carbonyl (C=O) groups excluding carboxylic acids is 2. The van der Waals surface area contributed by atoms with Gasteiger partial charge in [-0.2, -0.15) is 4.99 Å². The Morgan fingerprint density at radius 3 is 2.05 bits per heavy atom. The van der Waals surface area contributed by atoms with Gasteiger partial charge in [0.1, 0.15) is 0 Å². The molecule has 192 valence electrons. The number of aliphatic imine (C=N–C) groups is 1. The molecule has 5 rings (SSSR count). The lowest BCUT2D eigenvalue weighted by molar-refractivity contribution is -0.113. The molecule has 3 aromatic carbocycles. The number of thioether (sulfide) groups is 1. The molecule has 0 aliphatic carbocycles. The van der Waals surface area contributed by atoms with E-state index < -0.39 is 0 Å². The lowest BCUT2D eigenvalue weighted by atomic mass is 9.93. The number of benzene rings is 3. The standard InChI is InChI=1S/C31H26Br2N2O2S/c32-25-13-9-22(10-14-25)27(29-30(37)34-31(38-29)35-17-5-2-6-18-35)19-24(21-7-3-1-4-8-21)20-28(36)23-11-15-26(33)16-12-23/h1,3-4,7-16,19H,2,5-6,17-18,20H2/b24-19+,29-27-. The van der Waals surface area contributed by atoms with Crippen LogP contribution in [-0.4, -0.2) is 34.8 Å². The smallest absolute Gasteiger partial charge is 0.286 e. The summed E-state index contributed by atoms with van der Waals surface area (Å²) >= 11 is 8.41. The summed E-state index contributed by atoms with van der Waals surface area (Å²) in [5.41, 5.74) is 4.13. The fraction of sp³-hybridized carbons (Fsp3) is 0.194. The second kappa shape index (κ2) is 12.4. The van der Waals surface area contributed by atoms with Crippen LogP contribution in [0.1, 0.15) is 47.2 Å². The molecule has 0 unspecified atom stereocenters. The highest BCUT2D eigenvalue weighted by Gasteiger charge is 2.30. The number of hydrogen-bond donors (Lipinski definition) is 0. The van der Waals surface area contributed by atoms with Crippen molar-refractivity contribution in [2.75, 3.05) is 13.1 Å². The Morgan fingerprint density at radius 2 is 1.42 bits per heavy atom. The molecule has 1 fully saturated rings. The van der Waals surface area contributed by atoms with Crippen LogP contribution in [0.5, 0.6) is 0 Å². The first-order valence-corrected chi connectivity index (χ1v) is 15.0. The van der Waals surface area contributed by atoms with Gasteiger partial charge in [0, 0.05) is 39.6 Å². The van der Waals surface area contributed by atoms with E-state index in [0.29, 0.717) is 10.5 Å². The predicted octanol–water partition coefficient (Wildman–Crippen LogP) is 8.39. The maximum Gasteiger partial charge on any atom is 0.286 e. The molecule has 0 radical (unpaired) electrons. The van der Waals surface area contributed by atoms with Gasteiger partial charge in [-0.3, -0.25) is 9.59 Å². The molecule has 0 aromatic heterocycles. The van der Waals surface area contributed by atoms with Crippen LogP contribution in [0.25, 0.3) is 11.1 Å². The molecule has 7 heteroatoms. The number of Topliss-reactive ketones (excluding diaryl/α,β-unsaturated/α-hetero) is 1. The predicted molar refractivity (Wildman–Crippen MR) is 164 cm³/mol. The molecule has 0 saturated carbocycles. The van der Waals surface area contributed by atoms with Gasteiger partial charge in [-0.15, -0.1) is 0 Å². The third-order valence-corrected chi connectivity index (χ3v) is 8.78. The molecule has 2 aliphatic rings. The third-order valence-electron chi connectivity index (χ3n) is 6.59. The second-order valence-electron chi connectivity index (χ2n) is 9.24. The Morgan fingerprint density at radius 1 is 0.816 bits per heavy atom. The minimum atomic E-state index is -0.226. The zero-order valence-corrected chi connectivity index (χ0v) is 24.7. The zero-order chi connectivity index (χ0) is 26.5. The van der Waals surface area contributed by atoms with Crippen molar-refractivity contribution in [3.63, 3.8) is 0 Å². The minimum Gasteiger partial charge on any atom is -0.351 e. The van der Waals surface area contributed by atoms with Crippen LogP contribution in [0.3, 0.4) is 0 Å². The fourth-order valence-corrected chi connectivity index (χ4v) is 6.14. The quantitative estimate of drug-likeness (QED) is 0.199. The summed E-state index contributed by atoms with van der Waals surface area (Å²) in [6, 6.07) is 25.2. The van der Waals surface area contributed by atoms with Crippen LogP contribution in [0.15, 0.2) is 104 Å². The number of nitrogens with zero attached hydrogens (tertiary/aromatic N) is 2. The van der Waals surface area contributed by atoms with Gasteiger partial charge >= 0.3 is 0 Å². The summed E-state index contributed by atoms with van der Waals surface area (Å²) in [6.45, 7) is 1.85. The molecule has 4 nitrogen and oxygen atoms in total. The number of carbonyl (C=O) groups is 2. The Labute approximate surface area is 244 Å². The molecule has 3 aromatic rings. The minimum absolute atomic E-state index is 0.0171. The maximum atomic E-state index is 13.4. The van der Waals surface area contributed by atoms with Gasteiger partial charge in [0.05, 0.1) is 4.91 Å². The molecule has 1 amide bonds. The van der Waals surface area contributed by atoms with E-state index in [1.54, 1.807) is 0 Å². The van der Waals surface area contributed by atoms with Crippen LogP contribution in [0.4, 0.5) is 0 Å². The van der Waals surface area contributed by atoms with Crippen molar-refractivity contribution >= 4 is 71.6 Å². The first-order chi connectivity index (χ1) is 18.5. The van der Waals surface area contributed by atoms with E-state index in [-0.39, 0.29) is 18.1 Å². The van der Waals surface area contributed by atoms with E-state index >= 15 is 0 Å². The van der Waals surface area contributed by atoms with Crippen molar-refractivity contribution in [1.29, 1.82) is 0 Å². The molecule has 0 bridgehead atoms. The van der Waals surface area contributed by atoms with Crippen LogP contribution in [0.2, 0.25) is 0 Å². The topological polar surface area (TPSA) is 49.7 Å². The highest BCUT2D eigenvalue weighted by molar-refractivity contribution is 9.10. The third kappa shape index (κ3) is 6.45. The molecule has 0 atom stereocenters. The van der Waals surface area contributed by atoms with Crippen LogP contribution >= 0.6 is 43.6 Å². The molecular formula is C31H26Br2N2O2S. The van der Waals surface area contributed by atoms with Gasteiger partial charge in [0.2, 0.25) is 0 Å². The molecular weight excluding hydrogens is 624 g/mol. The van der Waals surface area contributed by atoms with Crippen molar-refractivity contribution in [2.45, 2.75) is 25.7 Å². The first-order valence-electron chi connectivity index (χ1n) is 12.6. The average Bonchev–Trinajstić information content (AvgIpc) is 3.34. The van der Waals surface area contributed by atoms with Crippen LogP contribution in [-0.2, 0) is 4.79 Å². The number of halogens is 2. The highest BCUT2D eigenvalue weighted by Crippen LogP contribution is 2.38. The van der Waals surface area contributed by atoms with Crippen LogP contribution < -0.4 is 0 Å². The summed E-state index contributed by atoms with van der Waals surface area (Å²) in [4.78, 5) is 33.9. The molecule has 1 saturated heterocycles. The largest absolute Gasteiger partial charge is 0.351 e. The lowest BCUT2D eigenvalue weighted by Crippen LogP contribution is -2.33. The Hall–Kier alpha value is -2.74. The summed E-state index contributed by atoms with van der Waals surface area (Å²) in [5, 5.41) is 0.778. The van der Waals surface area contributed by atoms with Crippen molar-refractivity contribution in [1.82, 2.24) is 4.90 Å². The molecule has 38 heavy (non-hydrogen) atoms. The molecule has 2 heterocycles. The van der Waals surface area contributed by atoms with E-state index in [9.17, 15) is 9.59 Å². The Kier molecular flexibility index (Phi) is 8.77. The number of ketones is 1. The SMILES string of the molecule is O=C1N=C(N2CCCCC2)S/C1=C(/C=C(\CC(=O)c1ccc(Br)cc1)c1ccccc1)c1ccc(Br)cc1. The molecule has 2 aliphatic heterocycles. The van der Waals surface area contributed by atoms with E-state index in [2.05, 4.69) is 41.8 Å². The van der Waals surface area contributed by atoms with Crippen molar-refractivity contribution < 1.29 is 9.59 Å². The number of likely N-dealkylation sites (tertiary alicyclic amines) is 1. The lowest BCUT2D eigenvalue weighted by Gasteiger charge is -2.27. The maximum absolute atomic E-state index is 13.4. The van der Waals surface area contributed by atoms with Gasteiger partial charge < -0.3 is 4.90 Å². The van der Waals surface area contributed by atoms with Crippen LogP contribution in [0, 0.1) is 0 Å². The van der Waals surface area contributed by atoms with E-state index in [0.717, 1.165) is 62.3 Å². The first kappa shape index (κ1) is 26.9. The summed E-state index contributed by atoms with van der Waals surface area (Å²) in [7, 11) is 0. The van der Waals surface area contributed by atoms with Crippen molar-refractivity contribution in [3.05, 3.63) is 115 Å². The number of piperidine rings is 1.